The Kier molecular flexibility index (Phi) is 21.7. The minimum absolute atomic E-state index is 0.667. The van der Waals surface area contributed by atoms with Gasteiger partial charge in [0.25, 0.3) is 0 Å². The van der Waals surface area contributed by atoms with Crippen molar-refractivity contribution in [3.8, 4) is 0 Å². The molecule has 58 valence electrons. The van der Waals surface area contributed by atoms with Crippen LogP contribution >= 0.6 is 22.6 Å². The highest BCUT2D eigenvalue weighted by Gasteiger charge is 1.66. The van der Waals surface area contributed by atoms with E-state index in [9.17, 15) is 0 Å². The van der Waals surface area contributed by atoms with E-state index in [4.69, 9.17) is 0 Å². The molecule has 0 heterocycles. The van der Waals surface area contributed by atoms with E-state index in [1.165, 1.54) is 10.8 Å². The summed E-state index contributed by atoms with van der Waals surface area (Å²) in [5, 5.41) is 0. The van der Waals surface area contributed by atoms with Crippen molar-refractivity contribution in [2.75, 3.05) is 11.0 Å². The molecule has 3 heteroatoms. The first kappa shape index (κ1) is 12.3. The monoisotopic (exact) mass is 245 g/mol. The summed E-state index contributed by atoms with van der Waals surface area (Å²) in [7, 11) is 0. The Balaban J connectivity index is 0. The lowest BCUT2D eigenvalue weighted by Crippen LogP contribution is -1.97. The van der Waals surface area contributed by atoms with Gasteiger partial charge in [0.2, 0.25) is 0 Å². The Morgan fingerprint density at radius 3 is 1.78 bits per heavy atom. The third-order valence-corrected chi connectivity index (χ3v) is 1.59. The summed E-state index contributed by atoms with van der Waals surface area (Å²) >= 11 is 2.35. The Morgan fingerprint density at radius 1 is 1.33 bits per heavy atom. The summed E-state index contributed by atoms with van der Waals surface area (Å²) in [5.41, 5.74) is 0. The molecule has 9 heavy (non-hydrogen) atoms. The van der Waals surface area contributed by atoms with Crippen molar-refractivity contribution in [3.63, 3.8) is 0 Å². The van der Waals surface area contributed by atoms with Gasteiger partial charge in [-0.05, 0) is 17.3 Å². The smallest absolute Gasteiger partial charge is 0.0676 e. The van der Waals surface area contributed by atoms with Crippen LogP contribution in [0.5, 0.6) is 0 Å². The molecule has 0 bridgehead atoms. The molecule has 0 aliphatic carbocycles. The quantitative estimate of drug-likeness (QED) is 0.469. The molecule has 0 amide bonds. The van der Waals surface area contributed by atoms with Gasteiger partial charge in [-0.15, -0.1) is 0 Å². The van der Waals surface area contributed by atoms with Gasteiger partial charge in [-0.2, -0.15) is 0 Å². The number of rotatable bonds is 3. The fourth-order valence-corrected chi connectivity index (χ4v) is 0.118. The Hall–Kier alpha value is 0.650. The first-order valence-electron chi connectivity index (χ1n) is 3.21. The second-order valence-corrected chi connectivity index (χ2v) is 2.64. The molecule has 0 saturated carbocycles. The number of nitrogens with two attached hydrogens (primary N) is 1. The van der Waals surface area contributed by atoms with Gasteiger partial charge in [0.15, 0.2) is 0 Å². The Bertz CT molecular complexity index is 32.2. The zero-order chi connectivity index (χ0) is 7.54. The van der Waals surface area contributed by atoms with Crippen LogP contribution in [0, 0.1) is 0 Å². The van der Waals surface area contributed by atoms with Crippen LogP contribution in [0.25, 0.3) is 0 Å². The number of hydrogen-bond acceptors (Lipinski definition) is 2. The lowest BCUT2D eigenvalue weighted by Gasteiger charge is -1.83. The normalized spacial score (nSPS) is 8.00. The molecule has 0 rings (SSSR count). The second kappa shape index (κ2) is 15.9. The summed E-state index contributed by atoms with van der Waals surface area (Å²) in [6, 6.07) is 0. The topological polar surface area (TPSA) is 35.2 Å². The average molecular weight is 245 g/mol. The van der Waals surface area contributed by atoms with Gasteiger partial charge in [-0.1, -0.05) is 36.4 Å². The maximum Gasteiger partial charge on any atom is 0.0676 e. The van der Waals surface area contributed by atoms with Crippen molar-refractivity contribution in [2.24, 2.45) is 5.90 Å². The molecule has 0 aromatic rings. The van der Waals surface area contributed by atoms with Crippen molar-refractivity contribution in [1.82, 2.24) is 0 Å². The first-order chi connectivity index (χ1) is 4.33. The largest absolute Gasteiger partial charge is 0.305 e. The van der Waals surface area contributed by atoms with Gasteiger partial charge >= 0.3 is 0 Å². The van der Waals surface area contributed by atoms with E-state index in [0.29, 0.717) is 6.61 Å². The SMILES string of the molecule is CCCI.CCCON. The minimum atomic E-state index is 0.667. The van der Waals surface area contributed by atoms with Gasteiger partial charge in [-0.25, -0.2) is 5.90 Å². The fraction of sp³-hybridized carbons (Fsp3) is 1.00. The highest BCUT2D eigenvalue weighted by Crippen LogP contribution is 1.81. The van der Waals surface area contributed by atoms with Crippen molar-refractivity contribution >= 4 is 22.6 Å². The molecular weight excluding hydrogens is 229 g/mol. The maximum atomic E-state index is 4.64. The molecule has 0 fully saturated rings. The molecule has 0 saturated heterocycles. The standard InChI is InChI=1S/C3H7I.C3H9NO/c1-2-3-4;1-2-3-5-4/h2-3H2,1H3;2-4H2,1H3. The maximum absolute atomic E-state index is 4.64. The number of hydrogen-bond donors (Lipinski definition) is 1. The van der Waals surface area contributed by atoms with Crippen LogP contribution in [0.2, 0.25) is 0 Å². The lowest BCUT2D eigenvalue weighted by molar-refractivity contribution is 0.138. The third kappa shape index (κ3) is 28.7. The first-order valence-corrected chi connectivity index (χ1v) is 4.73. The van der Waals surface area contributed by atoms with Crippen LogP contribution in [0.1, 0.15) is 26.7 Å². The van der Waals surface area contributed by atoms with E-state index in [-0.39, 0.29) is 0 Å². The summed E-state index contributed by atoms with van der Waals surface area (Å²) in [5.74, 6) is 4.64. The second-order valence-electron chi connectivity index (χ2n) is 1.56. The van der Waals surface area contributed by atoms with Crippen LogP contribution in [-0.2, 0) is 4.84 Å². The summed E-state index contributed by atoms with van der Waals surface area (Å²) in [6.45, 7) is 4.85. The molecule has 0 aliphatic heterocycles. The van der Waals surface area contributed by atoms with Gasteiger partial charge < -0.3 is 4.84 Å². The molecule has 0 aromatic carbocycles. The van der Waals surface area contributed by atoms with Gasteiger partial charge in [-0.3, -0.25) is 0 Å². The van der Waals surface area contributed by atoms with E-state index >= 15 is 0 Å². The molecule has 0 aromatic heterocycles. The Morgan fingerprint density at radius 2 is 1.78 bits per heavy atom. The van der Waals surface area contributed by atoms with Crippen LogP contribution in [0.4, 0.5) is 0 Å². The van der Waals surface area contributed by atoms with E-state index < -0.39 is 0 Å². The van der Waals surface area contributed by atoms with Crippen molar-refractivity contribution in [2.45, 2.75) is 26.7 Å². The van der Waals surface area contributed by atoms with Crippen molar-refractivity contribution in [3.05, 3.63) is 0 Å². The number of alkyl halides is 1. The molecule has 2 N–H and O–H groups in total. The van der Waals surface area contributed by atoms with Crippen molar-refractivity contribution < 1.29 is 4.84 Å². The predicted molar refractivity (Wildman–Crippen MR) is 49.6 cm³/mol. The molecule has 0 aliphatic rings. The number of halogens is 1. The van der Waals surface area contributed by atoms with Crippen molar-refractivity contribution in [1.29, 1.82) is 0 Å². The van der Waals surface area contributed by atoms with Gasteiger partial charge in [0.05, 0.1) is 6.61 Å². The molecule has 0 unspecified atom stereocenters. The van der Waals surface area contributed by atoms with E-state index in [1.54, 1.807) is 0 Å². The van der Waals surface area contributed by atoms with Gasteiger partial charge in [0, 0.05) is 0 Å². The molecule has 2 nitrogen and oxygen atoms in total. The average Bonchev–Trinajstić information content (AvgIpc) is 1.91. The zero-order valence-electron chi connectivity index (χ0n) is 6.19. The van der Waals surface area contributed by atoms with Crippen LogP contribution in [0.3, 0.4) is 0 Å². The molecule has 0 spiro atoms. The molecule has 0 radical (unpaired) electrons. The summed E-state index contributed by atoms with van der Waals surface area (Å²) in [4.78, 5) is 4.19. The van der Waals surface area contributed by atoms with Crippen LogP contribution in [0.15, 0.2) is 0 Å². The predicted octanol–water partition coefficient (Wildman–Crippen LogP) is 2.12. The van der Waals surface area contributed by atoms with Gasteiger partial charge in [0.1, 0.15) is 0 Å². The lowest BCUT2D eigenvalue weighted by atomic mass is 10.5. The zero-order valence-corrected chi connectivity index (χ0v) is 8.35. The highest BCUT2D eigenvalue weighted by molar-refractivity contribution is 14.1. The minimum Gasteiger partial charge on any atom is -0.305 e. The van der Waals surface area contributed by atoms with Crippen LogP contribution in [-0.4, -0.2) is 11.0 Å². The molecule has 0 atom stereocenters. The highest BCUT2D eigenvalue weighted by atomic mass is 127. The van der Waals surface area contributed by atoms with Crippen LogP contribution < -0.4 is 5.90 Å². The Labute approximate surface area is 71.2 Å². The van der Waals surface area contributed by atoms with E-state index in [1.807, 2.05) is 6.92 Å². The third-order valence-electron chi connectivity index (χ3n) is 0.511. The van der Waals surface area contributed by atoms with E-state index in [2.05, 4.69) is 40.2 Å². The molecular formula is C6H16INO. The summed E-state index contributed by atoms with van der Waals surface area (Å²) < 4.78 is 1.29. The summed E-state index contributed by atoms with van der Waals surface area (Å²) in [6.07, 6.45) is 2.30. The fourth-order valence-electron chi connectivity index (χ4n) is 0.118. The van der Waals surface area contributed by atoms with E-state index in [0.717, 1.165) is 6.42 Å².